The van der Waals surface area contributed by atoms with Crippen molar-refractivity contribution in [3.63, 3.8) is 0 Å². The van der Waals surface area contributed by atoms with Crippen molar-refractivity contribution in [2.75, 3.05) is 26.2 Å². The molecule has 1 aromatic rings. The Hall–Kier alpha value is -1.33. The van der Waals surface area contributed by atoms with Crippen molar-refractivity contribution in [3.8, 4) is 0 Å². The van der Waals surface area contributed by atoms with Crippen LogP contribution in [0.3, 0.4) is 0 Å². The van der Waals surface area contributed by atoms with Crippen molar-refractivity contribution in [1.29, 1.82) is 0 Å². The second-order valence-corrected chi connectivity index (χ2v) is 6.84. The lowest BCUT2D eigenvalue weighted by Crippen LogP contribution is -2.55. The van der Waals surface area contributed by atoms with Crippen LogP contribution in [-0.2, 0) is 11.3 Å². The van der Waals surface area contributed by atoms with E-state index in [9.17, 15) is 4.79 Å². The number of carbonyl (C=O) groups is 1. The molecule has 1 aliphatic carbocycles. The fraction of sp³-hybridized carbons (Fsp3) is 0.722. The Bertz CT molecular complexity index is 474. The van der Waals surface area contributed by atoms with Crippen LogP contribution in [0, 0.1) is 0 Å². The summed E-state index contributed by atoms with van der Waals surface area (Å²) in [4.78, 5) is 17.3. The number of amides is 1. The number of carbonyl (C=O) groups excluding carboxylic acids is 1. The van der Waals surface area contributed by atoms with E-state index in [4.69, 9.17) is 4.42 Å². The number of nitrogens with one attached hydrogen (secondary N) is 1. The van der Waals surface area contributed by atoms with E-state index in [0.29, 0.717) is 6.54 Å². The second-order valence-electron chi connectivity index (χ2n) is 6.84. The zero-order valence-corrected chi connectivity index (χ0v) is 14.2. The highest BCUT2D eigenvalue weighted by molar-refractivity contribution is 5.81. The molecule has 0 aromatic carbocycles. The highest BCUT2D eigenvalue weighted by Gasteiger charge is 2.29. The first-order valence-electron chi connectivity index (χ1n) is 9.02. The monoisotopic (exact) mass is 319 g/mol. The van der Waals surface area contributed by atoms with Gasteiger partial charge in [-0.1, -0.05) is 19.3 Å². The Labute approximate surface area is 139 Å². The number of rotatable bonds is 5. The van der Waals surface area contributed by atoms with Gasteiger partial charge in [-0.05, 0) is 31.9 Å². The molecule has 1 amide bonds. The summed E-state index contributed by atoms with van der Waals surface area (Å²) in [7, 11) is 0. The minimum atomic E-state index is -0.0709. The van der Waals surface area contributed by atoms with Crippen molar-refractivity contribution in [3.05, 3.63) is 24.2 Å². The molecular weight excluding hydrogens is 290 g/mol. The molecule has 23 heavy (non-hydrogen) atoms. The minimum Gasteiger partial charge on any atom is -0.467 e. The molecule has 128 valence electrons. The van der Waals surface area contributed by atoms with Gasteiger partial charge in [0.1, 0.15) is 5.76 Å². The number of piperazine rings is 1. The Morgan fingerprint density at radius 2 is 2.00 bits per heavy atom. The Morgan fingerprint density at radius 3 is 2.65 bits per heavy atom. The maximum absolute atomic E-state index is 12.3. The van der Waals surface area contributed by atoms with E-state index in [-0.39, 0.29) is 11.9 Å². The van der Waals surface area contributed by atoms with Crippen molar-refractivity contribution in [2.24, 2.45) is 0 Å². The molecule has 1 N–H and O–H groups in total. The quantitative estimate of drug-likeness (QED) is 0.904. The van der Waals surface area contributed by atoms with Gasteiger partial charge in [-0.3, -0.25) is 14.6 Å². The van der Waals surface area contributed by atoms with Gasteiger partial charge in [0, 0.05) is 32.2 Å². The maximum atomic E-state index is 12.3. The normalized spacial score (nSPS) is 22.8. The average molecular weight is 319 g/mol. The molecule has 1 unspecified atom stereocenters. The van der Waals surface area contributed by atoms with E-state index in [0.717, 1.165) is 38.0 Å². The number of hydrogen-bond donors (Lipinski definition) is 1. The molecule has 2 fully saturated rings. The van der Waals surface area contributed by atoms with E-state index >= 15 is 0 Å². The standard InChI is InChI=1S/C18H29N3O2/c1-15(18(22)19-14-17-8-5-13-23-17)20-9-11-21(12-10-20)16-6-3-2-4-7-16/h5,8,13,15-16H,2-4,6-7,9-12,14H2,1H3,(H,19,22). The molecule has 5 nitrogen and oxygen atoms in total. The Kier molecular flexibility index (Phi) is 5.73. The highest BCUT2D eigenvalue weighted by atomic mass is 16.3. The lowest BCUT2D eigenvalue weighted by atomic mass is 9.94. The van der Waals surface area contributed by atoms with E-state index in [1.165, 1.54) is 32.1 Å². The molecule has 0 radical (unpaired) electrons. The predicted molar refractivity (Wildman–Crippen MR) is 90.0 cm³/mol. The van der Waals surface area contributed by atoms with Crippen LogP contribution < -0.4 is 5.32 Å². The van der Waals surface area contributed by atoms with Crippen molar-refractivity contribution in [1.82, 2.24) is 15.1 Å². The Morgan fingerprint density at radius 1 is 1.26 bits per heavy atom. The number of hydrogen-bond acceptors (Lipinski definition) is 4. The zero-order valence-electron chi connectivity index (χ0n) is 14.2. The van der Waals surface area contributed by atoms with E-state index < -0.39 is 0 Å². The summed E-state index contributed by atoms with van der Waals surface area (Å²) in [5.41, 5.74) is 0. The van der Waals surface area contributed by atoms with Crippen LogP contribution in [0.15, 0.2) is 22.8 Å². The van der Waals surface area contributed by atoms with E-state index in [1.807, 2.05) is 19.1 Å². The first kappa shape index (κ1) is 16.5. The van der Waals surface area contributed by atoms with Gasteiger partial charge in [0.2, 0.25) is 5.91 Å². The molecule has 3 rings (SSSR count). The van der Waals surface area contributed by atoms with Gasteiger partial charge in [-0.2, -0.15) is 0 Å². The third-order valence-corrected chi connectivity index (χ3v) is 5.38. The van der Waals surface area contributed by atoms with E-state index in [2.05, 4.69) is 15.1 Å². The van der Waals surface area contributed by atoms with Gasteiger partial charge in [-0.25, -0.2) is 0 Å². The first-order chi connectivity index (χ1) is 11.2. The second kappa shape index (κ2) is 7.97. The van der Waals surface area contributed by atoms with Gasteiger partial charge in [0.05, 0.1) is 18.8 Å². The first-order valence-corrected chi connectivity index (χ1v) is 9.02. The van der Waals surface area contributed by atoms with Crippen molar-refractivity contribution < 1.29 is 9.21 Å². The van der Waals surface area contributed by atoms with Crippen LogP contribution in [0.4, 0.5) is 0 Å². The zero-order chi connectivity index (χ0) is 16.1. The van der Waals surface area contributed by atoms with Crippen LogP contribution in [0.1, 0.15) is 44.8 Å². The molecule has 1 aromatic heterocycles. The molecule has 2 aliphatic rings. The van der Waals surface area contributed by atoms with Gasteiger partial charge in [0.25, 0.3) is 0 Å². The molecule has 0 spiro atoms. The lowest BCUT2D eigenvalue weighted by molar-refractivity contribution is -0.127. The largest absolute Gasteiger partial charge is 0.467 e. The SMILES string of the molecule is CC(C(=O)NCc1ccco1)N1CCN(C2CCCCC2)CC1. The minimum absolute atomic E-state index is 0.0709. The lowest BCUT2D eigenvalue weighted by Gasteiger charge is -2.42. The molecule has 1 aliphatic heterocycles. The topological polar surface area (TPSA) is 48.7 Å². The number of nitrogens with zero attached hydrogens (tertiary/aromatic N) is 2. The summed E-state index contributed by atoms with van der Waals surface area (Å²) >= 11 is 0. The predicted octanol–water partition coefficient (Wildman–Crippen LogP) is 2.23. The molecular formula is C18H29N3O2. The van der Waals surface area contributed by atoms with Gasteiger partial charge < -0.3 is 9.73 Å². The van der Waals surface area contributed by atoms with Gasteiger partial charge >= 0.3 is 0 Å². The average Bonchev–Trinajstić information content (AvgIpc) is 3.13. The van der Waals surface area contributed by atoms with E-state index in [1.54, 1.807) is 6.26 Å². The maximum Gasteiger partial charge on any atom is 0.237 e. The molecule has 0 bridgehead atoms. The summed E-state index contributed by atoms with van der Waals surface area (Å²) in [5, 5.41) is 2.97. The fourth-order valence-electron chi connectivity index (χ4n) is 3.84. The van der Waals surface area contributed by atoms with Crippen LogP contribution in [0.2, 0.25) is 0 Å². The third-order valence-electron chi connectivity index (χ3n) is 5.38. The van der Waals surface area contributed by atoms with Crippen LogP contribution in [-0.4, -0.2) is 54.0 Å². The summed E-state index contributed by atoms with van der Waals surface area (Å²) in [6.07, 6.45) is 8.53. The molecule has 1 atom stereocenters. The summed E-state index contributed by atoms with van der Waals surface area (Å²) in [5.74, 6) is 0.889. The molecule has 5 heteroatoms. The number of furan rings is 1. The van der Waals surface area contributed by atoms with Crippen LogP contribution in [0.25, 0.3) is 0 Å². The third kappa shape index (κ3) is 4.36. The summed E-state index contributed by atoms with van der Waals surface area (Å²) in [6.45, 7) is 6.66. The fourth-order valence-corrected chi connectivity index (χ4v) is 3.84. The smallest absolute Gasteiger partial charge is 0.237 e. The molecule has 1 saturated carbocycles. The van der Waals surface area contributed by atoms with Gasteiger partial charge in [-0.15, -0.1) is 0 Å². The van der Waals surface area contributed by atoms with Crippen LogP contribution in [0.5, 0.6) is 0 Å². The summed E-state index contributed by atoms with van der Waals surface area (Å²) in [6, 6.07) is 4.44. The molecule has 2 heterocycles. The van der Waals surface area contributed by atoms with Crippen LogP contribution >= 0.6 is 0 Å². The Balaban J connectivity index is 1.42. The van der Waals surface area contributed by atoms with Crippen molar-refractivity contribution >= 4 is 5.91 Å². The van der Waals surface area contributed by atoms with Crippen molar-refractivity contribution in [2.45, 2.75) is 57.7 Å². The summed E-state index contributed by atoms with van der Waals surface area (Å²) < 4.78 is 5.26. The highest BCUT2D eigenvalue weighted by Crippen LogP contribution is 2.23. The van der Waals surface area contributed by atoms with Gasteiger partial charge in [0.15, 0.2) is 0 Å². The molecule has 1 saturated heterocycles.